The summed E-state index contributed by atoms with van der Waals surface area (Å²) in [5.74, 6) is -1.31. The fourth-order valence-electron chi connectivity index (χ4n) is 2.69. The Labute approximate surface area is 152 Å². The maximum Gasteiger partial charge on any atom is 0.337 e. The van der Waals surface area contributed by atoms with Gasteiger partial charge < -0.3 is 10.1 Å². The number of carbonyl (C=O) groups excluding carboxylic acids is 2. The van der Waals surface area contributed by atoms with E-state index in [1.807, 2.05) is 0 Å². The highest BCUT2D eigenvalue weighted by atomic mass is 35.5. The van der Waals surface area contributed by atoms with Crippen molar-refractivity contribution in [2.24, 2.45) is 5.92 Å². The maximum atomic E-state index is 12.5. The standard InChI is InChI=1S/C16H21ClN2O5S/c1-3-25(22,23)19-8-4-5-12(10-19)15(20)18-14-9-11(16(21)24-2)6-7-13(14)17/h6-7,9,12H,3-5,8,10H2,1-2H3,(H,18,20)/t12-/m0/s1. The molecule has 0 spiro atoms. The van der Waals surface area contributed by atoms with E-state index in [4.69, 9.17) is 11.6 Å². The molecule has 1 fully saturated rings. The average molecular weight is 389 g/mol. The number of esters is 1. The molecule has 1 heterocycles. The molecule has 1 atom stereocenters. The van der Waals surface area contributed by atoms with Crippen LogP contribution in [0.3, 0.4) is 0 Å². The minimum Gasteiger partial charge on any atom is -0.465 e. The zero-order chi connectivity index (χ0) is 18.6. The lowest BCUT2D eigenvalue weighted by Gasteiger charge is -2.31. The van der Waals surface area contributed by atoms with E-state index in [0.29, 0.717) is 25.1 Å². The van der Waals surface area contributed by atoms with Crippen LogP contribution in [-0.2, 0) is 19.6 Å². The number of sulfonamides is 1. The van der Waals surface area contributed by atoms with Gasteiger partial charge in [-0.1, -0.05) is 11.6 Å². The summed E-state index contributed by atoms with van der Waals surface area (Å²) in [6, 6.07) is 4.44. The first-order valence-corrected chi connectivity index (χ1v) is 9.93. The first-order valence-electron chi connectivity index (χ1n) is 7.95. The van der Waals surface area contributed by atoms with Gasteiger partial charge in [-0.25, -0.2) is 17.5 Å². The number of piperidine rings is 1. The van der Waals surface area contributed by atoms with Gasteiger partial charge in [0.2, 0.25) is 15.9 Å². The minimum atomic E-state index is -3.32. The van der Waals surface area contributed by atoms with E-state index < -0.39 is 21.9 Å². The number of hydrogen-bond acceptors (Lipinski definition) is 5. The lowest BCUT2D eigenvalue weighted by molar-refractivity contribution is -0.120. The van der Waals surface area contributed by atoms with Gasteiger partial charge in [0.05, 0.1) is 35.1 Å². The molecular formula is C16H21ClN2O5S. The molecule has 0 saturated carbocycles. The molecule has 0 aliphatic carbocycles. The lowest BCUT2D eigenvalue weighted by Crippen LogP contribution is -2.44. The lowest BCUT2D eigenvalue weighted by atomic mass is 9.98. The molecule has 1 amide bonds. The summed E-state index contributed by atoms with van der Waals surface area (Å²) in [6.45, 7) is 2.16. The number of carbonyl (C=O) groups is 2. The van der Waals surface area contributed by atoms with Crippen molar-refractivity contribution in [3.05, 3.63) is 28.8 Å². The van der Waals surface area contributed by atoms with Crippen LogP contribution in [0.4, 0.5) is 5.69 Å². The quantitative estimate of drug-likeness (QED) is 0.780. The van der Waals surface area contributed by atoms with E-state index in [-0.39, 0.29) is 28.8 Å². The topological polar surface area (TPSA) is 92.8 Å². The van der Waals surface area contributed by atoms with Crippen LogP contribution >= 0.6 is 11.6 Å². The molecule has 1 saturated heterocycles. The number of benzene rings is 1. The van der Waals surface area contributed by atoms with Crippen molar-refractivity contribution >= 4 is 39.2 Å². The van der Waals surface area contributed by atoms with Crippen LogP contribution in [0.5, 0.6) is 0 Å². The van der Waals surface area contributed by atoms with Crippen LogP contribution in [0.2, 0.25) is 5.02 Å². The first kappa shape index (κ1) is 19.7. The van der Waals surface area contributed by atoms with E-state index in [0.717, 1.165) is 0 Å². The molecule has 2 rings (SSSR count). The summed E-state index contributed by atoms with van der Waals surface area (Å²) in [4.78, 5) is 24.1. The summed E-state index contributed by atoms with van der Waals surface area (Å²) in [5, 5.41) is 2.98. The number of rotatable bonds is 5. The van der Waals surface area contributed by atoms with E-state index in [1.165, 1.54) is 29.6 Å². The normalized spacial score (nSPS) is 18.6. The van der Waals surface area contributed by atoms with Crippen LogP contribution in [0, 0.1) is 5.92 Å². The van der Waals surface area contributed by atoms with E-state index in [1.54, 1.807) is 6.92 Å². The number of ether oxygens (including phenoxy) is 1. The molecule has 7 nitrogen and oxygen atoms in total. The molecule has 1 aromatic carbocycles. The maximum absolute atomic E-state index is 12.5. The molecule has 1 aromatic rings. The van der Waals surface area contributed by atoms with Crippen LogP contribution in [-0.4, -0.2) is 50.6 Å². The van der Waals surface area contributed by atoms with Crippen LogP contribution in [0.15, 0.2) is 18.2 Å². The Morgan fingerprint density at radius 2 is 2.12 bits per heavy atom. The van der Waals surface area contributed by atoms with Gasteiger partial charge in [0, 0.05) is 13.1 Å². The number of nitrogens with one attached hydrogen (secondary N) is 1. The monoisotopic (exact) mass is 388 g/mol. The number of methoxy groups -OCH3 is 1. The third-order valence-electron chi connectivity index (χ3n) is 4.16. The Balaban J connectivity index is 2.13. The van der Waals surface area contributed by atoms with Gasteiger partial charge >= 0.3 is 5.97 Å². The van der Waals surface area contributed by atoms with Crippen LogP contribution < -0.4 is 5.32 Å². The predicted molar refractivity (Wildman–Crippen MR) is 95.2 cm³/mol. The SMILES string of the molecule is CCS(=O)(=O)N1CCC[C@H](C(=O)Nc2cc(C(=O)OC)ccc2Cl)C1. The highest BCUT2D eigenvalue weighted by molar-refractivity contribution is 7.89. The highest BCUT2D eigenvalue weighted by Gasteiger charge is 2.31. The summed E-state index contributed by atoms with van der Waals surface area (Å²) in [6.07, 6.45) is 1.21. The van der Waals surface area contributed by atoms with Crippen molar-refractivity contribution in [3.63, 3.8) is 0 Å². The highest BCUT2D eigenvalue weighted by Crippen LogP contribution is 2.26. The Morgan fingerprint density at radius 3 is 2.76 bits per heavy atom. The van der Waals surface area contributed by atoms with Gasteiger partial charge in [0.15, 0.2) is 0 Å². The molecular weight excluding hydrogens is 368 g/mol. The van der Waals surface area contributed by atoms with Gasteiger partial charge in [0.25, 0.3) is 0 Å². The van der Waals surface area contributed by atoms with Gasteiger partial charge in [-0.3, -0.25) is 4.79 Å². The molecule has 25 heavy (non-hydrogen) atoms. The minimum absolute atomic E-state index is 0.00828. The van der Waals surface area contributed by atoms with Gasteiger partial charge in [0.1, 0.15) is 0 Å². The summed E-state index contributed by atoms with van der Waals surface area (Å²) < 4.78 is 30.0. The third-order valence-corrected chi connectivity index (χ3v) is 6.34. The Bertz CT molecular complexity index is 766. The summed E-state index contributed by atoms with van der Waals surface area (Å²) >= 11 is 6.08. The Hall–Kier alpha value is -1.64. The molecule has 0 radical (unpaired) electrons. The van der Waals surface area contributed by atoms with Crippen molar-refractivity contribution in [3.8, 4) is 0 Å². The second-order valence-electron chi connectivity index (χ2n) is 5.77. The molecule has 1 aliphatic rings. The predicted octanol–water partition coefficient (Wildman–Crippen LogP) is 2.13. The molecule has 1 aliphatic heterocycles. The van der Waals surface area contributed by atoms with Crippen molar-refractivity contribution in [1.82, 2.24) is 4.31 Å². The van der Waals surface area contributed by atoms with Crippen LogP contribution in [0.25, 0.3) is 0 Å². The zero-order valence-electron chi connectivity index (χ0n) is 14.1. The molecule has 1 N–H and O–H groups in total. The molecule has 9 heteroatoms. The van der Waals surface area contributed by atoms with Gasteiger partial charge in [-0.2, -0.15) is 0 Å². The molecule has 138 valence electrons. The fraction of sp³-hybridized carbons (Fsp3) is 0.500. The van der Waals surface area contributed by atoms with Crippen molar-refractivity contribution in [1.29, 1.82) is 0 Å². The van der Waals surface area contributed by atoms with Crippen molar-refractivity contribution < 1.29 is 22.7 Å². The molecule has 0 aromatic heterocycles. The molecule has 0 unspecified atom stereocenters. The number of nitrogens with zero attached hydrogens (tertiary/aromatic N) is 1. The fourth-order valence-corrected chi connectivity index (χ4v) is 4.04. The summed E-state index contributed by atoms with van der Waals surface area (Å²) in [7, 11) is -2.06. The second kappa shape index (κ2) is 8.16. The summed E-state index contributed by atoms with van der Waals surface area (Å²) in [5.41, 5.74) is 0.561. The van der Waals surface area contributed by atoms with Crippen molar-refractivity contribution in [2.45, 2.75) is 19.8 Å². The van der Waals surface area contributed by atoms with E-state index >= 15 is 0 Å². The Morgan fingerprint density at radius 1 is 1.40 bits per heavy atom. The third kappa shape index (κ3) is 4.71. The number of hydrogen-bond donors (Lipinski definition) is 1. The first-order chi connectivity index (χ1) is 11.8. The van der Waals surface area contributed by atoms with Gasteiger partial charge in [-0.05, 0) is 38.0 Å². The number of anilines is 1. The van der Waals surface area contributed by atoms with E-state index in [9.17, 15) is 18.0 Å². The second-order valence-corrected chi connectivity index (χ2v) is 8.44. The number of halogens is 1. The van der Waals surface area contributed by atoms with Crippen molar-refractivity contribution in [2.75, 3.05) is 31.3 Å². The number of amides is 1. The van der Waals surface area contributed by atoms with Gasteiger partial charge in [-0.15, -0.1) is 0 Å². The average Bonchev–Trinajstić information content (AvgIpc) is 2.62. The zero-order valence-corrected chi connectivity index (χ0v) is 15.7. The van der Waals surface area contributed by atoms with Crippen LogP contribution in [0.1, 0.15) is 30.1 Å². The smallest absolute Gasteiger partial charge is 0.337 e. The molecule has 0 bridgehead atoms. The largest absolute Gasteiger partial charge is 0.465 e. The van der Waals surface area contributed by atoms with E-state index in [2.05, 4.69) is 10.1 Å². The Kier molecular flexibility index (Phi) is 6.42.